The highest BCUT2D eigenvalue weighted by Gasteiger charge is 2.32. The van der Waals surface area contributed by atoms with Crippen molar-refractivity contribution in [2.75, 3.05) is 19.5 Å². The van der Waals surface area contributed by atoms with E-state index in [-0.39, 0.29) is 12.2 Å². The van der Waals surface area contributed by atoms with Crippen molar-refractivity contribution in [2.45, 2.75) is 12.9 Å². The molecule has 26 heavy (non-hydrogen) atoms. The highest BCUT2D eigenvalue weighted by Crippen LogP contribution is 2.29. The van der Waals surface area contributed by atoms with Crippen molar-refractivity contribution in [1.82, 2.24) is 5.32 Å². The molecule has 0 saturated carbocycles. The summed E-state index contributed by atoms with van der Waals surface area (Å²) in [6.07, 6.45) is -4.86. The molecule has 2 amide bonds. The van der Waals surface area contributed by atoms with Crippen LogP contribution in [0.15, 0.2) is 42.5 Å². The minimum absolute atomic E-state index is 0.106. The zero-order chi connectivity index (χ0) is 19.2. The maximum absolute atomic E-state index is 12.4. The number of urea groups is 1. The third kappa shape index (κ3) is 5.76. The fraction of sp³-hybridized carbons (Fsp3) is 0.235. The molecule has 0 saturated heterocycles. The molecule has 0 aliphatic heterocycles. The van der Waals surface area contributed by atoms with Crippen molar-refractivity contribution in [3.8, 4) is 17.2 Å². The largest absolute Gasteiger partial charge is 0.573 e. The number of benzene rings is 2. The Balaban J connectivity index is 2.02. The summed E-state index contributed by atoms with van der Waals surface area (Å²) in [5.74, 6) is 0.592. The van der Waals surface area contributed by atoms with Crippen molar-refractivity contribution < 1.29 is 32.2 Å². The van der Waals surface area contributed by atoms with Crippen molar-refractivity contribution in [3.63, 3.8) is 0 Å². The van der Waals surface area contributed by atoms with Gasteiger partial charge in [0.2, 0.25) is 0 Å². The highest BCUT2D eigenvalue weighted by molar-refractivity contribution is 5.90. The molecule has 0 spiro atoms. The number of rotatable bonds is 6. The van der Waals surface area contributed by atoms with Crippen LogP contribution in [0.4, 0.5) is 23.7 Å². The second kappa shape index (κ2) is 8.32. The number of hydrogen-bond acceptors (Lipinski definition) is 4. The monoisotopic (exact) mass is 370 g/mol. The Morgan fingerprint density at radius 1 is 1.04 bits per heavy atom. The molecule has 0 fully saturated rings. The molecule has 2 rings (SSSR count). The van der Waals surface area contributed by atoms with Gasteiger partial charge in [-0.2, -0.15) is 0 Å². The van der Waals surface area contributed by atoms with Crippen LogP contribution in [0.25, 0.3) is 0 Å². The number of halogens is 3. The summed E-state index contributed by atoms with van der Waals surface area (Å²) in [7, 11) is 2.99. The van der Waals surface area contributed by atoms with Crippen LogP contribution in [0.2, 0.25) is 0 Å². The van der Waals surface area contributed by atoms with Crippen molar-refractivity contribution in [3.05, 3.63) is 48.0 Å². The van der Waals surface area contributed by atoms with Gasteiger partial charge in [0.05, 0.1) is 19.9 Å². The molecule has 0 heterocycles. The number of para-hydroxylation sites is 2. The van der Waals surface area contributed by atoms with Crippen LogP contribution in [0.5, 0.6) is 17.2 Å². The number of carbonyl (C=O) groups excluding carboxylic acids is 1. The van der Waals surface area contributed by atoms with Gasteiger partial charge >= 0.3 is 12.4 Å². The minimum Gasteiger partial charge on any atom is -0.497 e. The van der Waals surface area contributed by atoms with E-state index in [4.69, 9.17) is 9.47 Å². The minimum atomic E-state index is -4.86. The lowest BCUT2D eigenvalue weighted by Gasteiger charge is -2.14. The summed E-state index contributed by atoms with van der Waals surface area (Å²) in [6, 6.07) is 9.63. The lowest BCUT2D eigenvalue weighted by Crippen LogP contribution is -2.29. The standard InChI is InChI=1S/C17H17F3N2O4/c1-24-12-7-11(8-13(9-12)25-2)10-21-16(23)22-14-5-3-4-6-15(14)26-17(18,19)20/h3-9H,10H2,1-2H3,(H2,21,22,23). The number of ether oxygens (including phenoxy) is 3. The number of methoxy groups -OCH3 is 2. The third-order valence-corrected chi connectivity index (χ3v) is 3.23. The topological polar surface area (TPSA) is 68.8 Å². The van der Waals surface area contributed by atoms with Crippen molar-refractivity contribution in [1.29, 1.82) is 0 Å². The van der Waals surface area contributed by atoms with Gasteiger partial charge in [-0.05, 0) is 29.8 Å². The molecule has 0 unspecified atom stereocenters. The molecular weight excluding hydrogens is 353 g/mol. The lowest BCUT2D eigenvalue weighted by molar-refractivity contribution is -0.274. The maximum atomic E-state index is 12.4. The number of anilines is 1. The van der Waals surface area contributed by atoms with E-state index in [2.05, 4.69) is 15.4 Å². The quantitative estimate of drug-likeness (QED) is 0.809. The van der Waals surface area contributed by atoms with E-state index in [0.717, 1.165) is 6.07 Å². The normalized spacial score (nSPS) is 10.8. The van der Waals surface area contributed by atoms with E-state index in [1.165, 1.54) is 32.4 Å². The van der Waals surface area contributed by atoms with E-state index in [1.54, 1.807) is 18.2 Å². The molecular formula is C17H17F3N2O4. The van der Waals surface area contributed by atoms with E-state index in [9.17, 15) is 18.0 Å². The Morgan fingerprint density at radius 2 is 1.65 bits per heavy atom. The van der Waals surface area contributed by atoms with Gasteiger partial charge in [-0.15, -0.1) is 13.2 Å². The first kappa shape index (κ1) is 19.2. The molecule has 140 valence electrons. The average Bonchev–Trinajstić information content (AvgIpc) is 2.60. The summed E-state index contributed by atoms with van der Waals surface area (Å²) in [4.78, 5) is 12.0. The van der Waals surface area contributed by atoms with Crippen LogP contribution in [0, 0.1) is 0 Å². The van der Waals surface area contributed by atoms with E-state index >= 15 is 0 Å². The first-order chi connectivity index (χ1) is 12.3. The van der Waals surface area contributed by atoms with Crippen LogP contribution in [0.3, 0.4) is 0 Å². The fourth-order valence-electron chi connectivity index (χ4n) is 2.10. The van der Waals surface area contributed by atoms with Crippen LogP contribution >= 0.6 is 0 Å². The smallest absolute Gasteiger partial charge is 0.497 e. The van der Waals surface area contributed by atoms with E-state index in [1.807, 2.05) is 0 Å². The van der Waals surface area contributed by atoms with Crippen LogP contribution < -0.4 is 24.8 Å². The summed E-state index contributed by atoms with van der Waals surface area (Å²) < 4.78 is 51.3. The fourth-order valence-corrected chi connectivity index (χ4v) is 2.10. The van der Waals surface area contributed by atoms with Gasteiger partial charge in [0, 0.05) is 12.6 Å². The lowest BCUT2D eigenvalue weighted by atomic mass is 10.2. The van der Waals surface area contributed by atoms with Gasteiger partial charge in [0.25, 0.3) is 0 Å². The molecule has 2 aromatic carbocycles. The second-order valence-electron chi connectivity index (χ2n) is 5.07. The van der Waals surface area contributed by atoms with E-state index in [0.29, 0.717) is 17.1 Å². The molecule has 0 aromatic heterocycles. The van der Waals surface area contributed by atoms with Gasteiger partial charge in [0.15, 0.2) is 5.75 Å². The number of carbonyl (C=O) groups is 1. The zero-order valence-corrected chi connectivity index (χ0v) is 14.0. The molecule has 2 aromatic rings. The van der Waals surface area contributed by atoms with Gasteiger partial charge in [-0.1, -0.05) is 12.1 Å². The Hall–Kier alpha value is -3.10. The second-order valence-corrected chi connectivity index (χ2v) is 5.07. The predicted molar refractivity (Wildman–Crippen MR) is 88.5 cm³/mol. The van der Waals surface area contributed by atoms with Crippen LogP contribution in [0.1, 0.15) is 5.56 Å². The summed E-state index contributed by atoms with van der Waals surface area (Å²) >= 11 is 0. The average molecular weight is 370 g/mol. The van der Waals surface area contributed by atoms with Crippen molar-refractivity contribution >= 4 is 11.7 Å². The summed E-state index contributed by atoms with van der Waals surface area (Å²) in [5.41, 5.74) is 0.585. The van der Waals surface area contributed by atoms with Gasteiger partial charge in [-0.3, -0.25) is 0 Å². The van der Waals surface area contributed by atoms with E-state index < -0.39 is 18.1 Å². The number of alkyl halides is 3. The van der Waals surface area contributed by atoms with Crippen molar-refractivity contribution in [2.24, 2.45) is 0 Å². The number of amides is 2. The number of hydrogen-bond donors (Lipinski definition) is 2. The Bertz CT molecular complexity index is 744. The summed E-state index contributed by atoms with van der Waals surface area (Å²) in [5, 5.41) is 4.87. The highest BCUT2D eigenvalue weighted by atomic mass is 19.4. The predicted octanol–water partition coefficient (Wildman–Crippen LogP) is 3.92. The van der Waals surface area contributed by atoms with Crippen LogP contribution in [-0.2, 0) is 6.54 Å². The molecule has 0 radical (unpaired) electrons. The zero-order valence-electron chi connectivity index (χ0n) is 14.0. The first-order valence-corrected chi connectivity index (χ1v) is 7.42. The Kier molecular flexibility index (Phi) is 6.16. The molecule has 6 nitrogen and oxygen atoms in total. The van der Waals surface area contributed by atoms with Gasteiger partial charge < -0.3 is 24.8 Å². The first-order valence-electron chi connectivity index (χ1n) is 7.42. The molecule has 0 aliphatic rings. The van der Waals surface area contributed by atoms with Crippen LogP contribution in [-0.4, -0.2) is 26.6 Å². The molecule has 2 N–H and O–H groups in total. The Morgan fingerprint density at radius 3 is 2.23 bits per heavy atom. The summed E-state index contributed by atoms with van der Waals surface area (Å²) in [6.45, 7) is 0.113. The molecule has 0 aliphatic carbocycles. The molecule has 9 heteroatoms. The van der Waals surface area contributed by atoms with Gasteiger partial charge in [-0.25, -0.2) is 4.79 Å². The van der Waals surface area contributed by atoms with Gasteiger partial charge in [0.1, 0.15) is 11.5 Å². The molecule has 0 bridgehead atoms. The number of nitrogens with one attached hydrogen (secondary N) is 2. The third-order valence-electron chi connectivity index (χ3n) is 3.23. The Labute approximate surface area is 147 Å². The maximum Gasteiger partial charge on any atom is 0.573 e. The molecule has 0 atom stereocenters. The SMILES string of the molecule is COc1cc(CNC(=O)Nc2ccccc2OC(F)(F)F)cc(OC)c1.